The molecule has 25 heavy (non-hydrogen) atoms. The van der Waals surface area contributed by atoms with Crippen LogP contribution >= 0.6 is 0 Å². The Bertz CT molecular complexity index is 869. The average Bonchev–Trinajstić information content (AvgIpc) is 2.59. The number of methoxy groups -OCH3 is 2. The average molecular weight is 368 g/mol. The number of ether oxygens (including phenoxy) is 2. The van der Waals surface area contributed by atoms with E-state index in [9.17, 15) is 17.6 Å². The molecule has 0 bridgehead atoms. The van der Waals surface area contributed by atoms with E-state index in [2.05, 4.69) is 0 Å². The van der Waals surface area contributed by atoms with Gasteiger partial charge in [-0.05, 0) is 36.4 Å². The monoisotopic (exact) mass is 368 g/mol. The van der Waals surface area contributed by atoms with E-state index in [1.807, 2.05) is 0 Å². The van der Waals surface area contributed by atoms with Gasteiger partial charge in [0.2, 0.25) is 5.91 Å². The van der Waals surface area contributed by atoms with Crippen molar-refractivity contribution < 1.29 is 27.1 Å². The zero-order chi connectivity index (χ0) is 18.6. The number of benzene rings is 2. The molecule has 0 spiro atoms. The van der Waals surface area contributed by atoms with Gasteiger partial charge in [-0.1, -0.05) is 0 Å². The zero-order valence-electron chi connectivity index (χ0n) is 13.6. The fraction of sp³-hybridized carbons (Fsp3) is 0.188. The Morgan fingerprint density at radius 3 is 2.28 bits per heavy atom. The second-order valence-corrected chi connectivity index (χ2v) is 6.83. The van der Waals surface area contributed by atoms with Crippen LogP contribution in [0.15, 0.2) is 47.4 Å². The molecule has 0 aliphatic rings. The number of rotatable bonds is 7. The summed E-state index contributed by atoms with van der Waals surface area (Å²) in [6.07, 6.45) is 0. The molecule has 2 N–H and O–H groups in total. The minimum Gasteiger partial charge on any atom is -0.497 e. The molecule has 0 aromatic heterocycles. The zero-order valence-corrected chi connectivity index (χ0v) is 14.4. The number of sulfonamides is 1. The van der Waals surface area contributed by atoms with E-state index < -0.39 is 28.3 Å². The summed E-state index contributed by atoms with van der Waals surface area (Å²) in [5.74, 6) is -0.823. The molecule has 7 nitrogen and oxygen atoms in total. The lowest BCUT2D eigenvalue weighted by Crippen LogP contribution is -2.38. The third kappa shape index (κ3) is 4.00. The summed E-state index contributed by atoms with van der Waals surface area (Å²) in [5.41, 5.74) is 5.31. The molecule has 0 atom stereocenters. The molecular weight excluding hydrogens is 351 g/mol. The van der Waals surface area contributed by atoms with Gasteiger partial charge in [0.05, 0.1) is 24.8 Å². The van der Waals surface area contributed by atoms with Crippen LogP contribution in [0.2, 0.25) is 0 Å². The maximum Gasteiger partial charge on any atom is 0.264 e. The maximum absolute atomic E-state index is 13.1. The van der Waals surface area contributed by atoms with Crippen LogP contribution < -0.4 is 19.5 Å². The van der Waals surface area contributed by atoms with Crippen LogP contribution in [0.4, 0.5) is 10.1 Å². The van der Waals surface area contributed by atoms with Gasteiger partial charge in [-0.3, -0.25) is 9.10 Å². The quantitative estimate of drug-likeness (QED) is 0.799. The van der Waals surface area contributed by atoms with Crippen molar-refractivity contribution in [1.29, 1.82) is 0 Å². The Morgan fingerprint density at radius 1 is 1.12 bits per heavy atom. The summed E-state index contributed by atoms with van der Waals surface area (Å²) in [5, 5.41) is 0. The number of carbonyl (C=O) groups is 1. The van der Waals surface area contributed by atoms with Crippen LogP contribution in [0, 0.1) is 5.82 Å². The van der Waals surface area contributed by atoms with Crippen LogP contribution in [0.25, 0.3) is 0 Å². The first kappa shape index (κ1) is 18.5. The highest BCUT2D eigenvalue weighted by molar-refractivity contribution is 7.92. The largest absolute Gasteiger partial charge is 0.497 e. The van der Waals surface area contributed by atoms with Crippen molar-refractivity contribution in [3.05, 3.63) is 48.3 Å². The van der Waals surface area contributed by atoms with Crippen molar-refractivity contribution in [2.75, 3.05) is 25.1 Å². The summed E-state index contributed by atoms with van der Waals surface area (Å²) in [6.45, 7) is -0.609. The summed E-state index contributed by atoms with van der Waals surface area (Å²) >= 11 is 0. The van der Waals surface area contributed by atoms with Gasteiger partial charge in [0.25, 0.3) is 10.0 Å². The summed E-state index contributed by atoms with van der Waals surface area (Å²) in [6, 6.07) is 8.67. The smallest absolute Gasteiger partial charge is 0.264 e. The van der Waals surface area contributed by atoms with Crippen LogP contribution in [0.1, 0.15) is 0 Å². The summed E-state index contributed by atoms with van der Waals surface area (Å²) in [7, 11) is -1.37. The first-order valence-electron chi connectivity index (χ1n) is 7.08. The third-order valence-corrected chi connectivity index (χ3v) is 5.13. The van der Waals surface area contributed by atoms with Crippen LogP contribution in [-0.2, 0) is 14.8 Å². The van der Waals surface area contributed by atoms with Gasteiger partial charge >= 0.3 is 0 Å². The highest BCUT2D eigenvalue weighted by Crippen LogP contribution is 2.35. The molecular formula is C16H17FN2O5S. The lowest BCUT2D eigenvalue weighted by molar-refractivity contribution is -0.116. The molecule has 0 unspecified atom stereocenters. The number of halogens is 1. The Labute approximate surface area is 144 Å². The van der Waals surface area contributed by atoms with Crippen LogP contribution in [0.5, 0.6) is 11.5 Å². The normalized spacial score (nSPS) is 11.0. The van der Waals surface area contributed by atoms with Crippen molar-refractivity contribution in [2.45, 2.75) is 4.90 Å². The predicted octanol–water partition coefficient (Wildman–Crippen LogP) is 1.52. The Balaban J connectivity index is 2.60. The van der Waals surface area contributed by atoms with E-state index in [4.69, 9.17) is 15.2 Å². The van der Waals surface area contributed by atoms with Gasteiger partial charge in [-0.15, -0.1) is 0 Å². The van der Waals surface area contributed by atoms with Crippen LogP contribution in [-0.4, -0.2) is 35.1 Å². The van der Waals surface area contributed by atoms with E-state index in [1.54, 1.807) is 0 Å². The van der Waals surface area contributed by atoms with Crippen molar-refractivity contribution in [3.63, 3.8) is 0 Å². The van der Waals surface area contributed by atoms with E-state index in [0.717, 1.165) is 28.6 Å². The van der Waals surface area contributed by atoms with Crippen molar-refractivity contribution >= 4 is 21.6 Å². The Morgan fingerprint density at radius 2 is 1.76 bits per heavy atom. The number of nitrogens with two attached hydrogens (primary N) is 1. The molecule has 0 saturated carbocycles. The van der Waals surface area contributed by atoms with Crippen molar-refractivity contribution in [3.8, 4) is 11.5 Å². The van der Waals surface area contributed by atoms with Gasteiger partial charge in [0.15, 0.2) is 0 Å². The van der Waals surface area contributed by atoms with E-state index in [0.29, 0.717) is 5.75 Å². The molecule has 0 aliphatic heterocycles. The second-order valence-electron chi connectivity index (χ2n) is 4.97. The fourth-order valence-corrected chi connectivity index (χ4v) is 3.61. The van der Waals surface area contributed by atoms with Gasteiger partial charge in [-0.2, -0.15) is 0 Å². The summed E-state index contributed by atoms with van der Waals surface area (Å²) < 4.78 is 50.0. The lowest BCUT2D eigenvalue weighted by Gasteiger charge is -2.25. The predicted molar refractivity (Wildman–Crippen MR) is 89.7 cm³/mol. The Kier molecular flexibility index (Phi) is 5.48. The minimum absolute atomic E-state index is 0.103. The van der Waals surface area contributed by atoms with Gasteiger partial charge < -0.3 is 15.2 Å². The fourth-order valence-electron chi connectivity index (χ4n) is 2.17. The molecule has 134 valence electrons. The maximum atomic E-state index is 13.1. The summed E-state index contributed by atoms with van der Waals surface area (Å²) in [4.78, 5) is 11.2. The first-order valence-corrected chi connectivity index (χ1v) is 8.52. The van der Waals surface area contributed by atoms with Crippen molar-refractivity contribution in [1.82, 2.24) is 0 Å². The van der Waals surface area contributed by atoms with E-state index in [-0.39, 0.29) is 16.3 Å². The molecule has 0 fully saturated rings. The molecule has 0 radical (unpaired) electrons. The number of hydrogen-bond acceptors (Lipinski definition) is 5. The second kappa shape index (κ2) is 7.39. The van der Waals surface area contributed by atoms with Gasteiger partial charge in [0, 0.05) is 6.07 Å². The first-order chi connectivity index (χ1) is 11.8. The minimum atomic E-state index is -4.17. The molecule has 0 aliphatic carbocycles. The van der Waals surface area contributed by atoms with Gasteiger partial charge in [0.1, 0.15) is 23.9 Å². The molecule has 2 aromatic rings. The van der Waals surface area contributed by atoms with Crippen molar-refractivity contribution in [2.24, 2.45) is 5.73 Å². The lowest BCUT2D eigenvalue weighted by atomic mass is 10.2. The molecule has 0 heterocycles. The topological polar surface area (TPSA) is 98.9 Å². The third-order valence-electron chi connectivity index (χ3n) is 3.36. The molecule has 9 heteroatoms. The van der Waals surface area contributed by atoms with Crippen LogP contribution in [0.3, 0.4) is 0 Å². The molecule has 0 saturated heterocycles. The standard InChI is InChI=1S/C16H17FN2O5S/c1-23-12-5-8-14(15(9-12)24-2)19(10-16(18)20)25(21,22)13-6-3-11(17)4-7-13/h3-9H,10H2,1-2H3,(H2,18,20). The number of nitrogens with zero attached hydrogens (tertiary/aromatic N) is 1. The highest BCUT2D eigenvalue weighted by atomic mass is 32.2. The molecule has 2 rings (SSSR count). The number of amides is 1. The highest BCUT2D eigenvalue weighted by Gasteiger charge is 2.29. The number of hydrogen-bond donors (Lipinski definition) is 1. The molecule has 1 amide bonds. The Hall–Kier alpha value is -2.81. The molecule has 2 aromatic carbocycles. The van der Waals surface area contributed by atoms with Gasteiger partial charge in [-0.25, -0.2) is 12.8 Å². The van der Waals surface area contributed by atoms with E-state index >= 15 is 0 Å². The number of anilines is 1. The number of carbonyl (C=O) groups excluding carboxylic acids is 1. The SMILES string of the molecule is COc1ccc(N(CC(N)=O)S(=O)(=O)c2ccc(F)cc2)c(OC)c1. The number of primary amides is 1. The van der Waals surface area contributed by atoms with E-state index in [1.165, 1.54) is 32.4 Å².